The molecule has 0 bridgehead atoms. The van der Waals surface area contributed by atoms with Gasteiger partial charge < -0.3 is 20.9 Å². The van der Waals surface area contributed by atoms with Crippen LogP contribution in [0.5, 0.6) is 0 Å². The highest BCUT2D eigenvalue weighted by molar-refractivity contribution is 6.04. The first-order chi connectivity index (χ1) is 15.8. The Morgan fingerprint density at radius 2 is 1.94 bits per heavy atom. The van der Waals surface area contributed by atoms with Crippen molar-refractivity contribution < 1.29 is 13.6 Å². The number of nitrogens with zero attached hydrogens (tertiary/aromatic N) is 3. The van der Waals surface area contributed by atoms with Crippen LogP contribution in [0.2, 0.25) is 0 Å². The van der Waals surface area contributed by atoms with Crippen LogP contribution in [0.3, 0.4) is 0 Å². The van der Waals surface area contributed by atoms with Crippen LogP contribution in [0.15, 0.2) is 42.6 Å². The van der Waals surface area contributed by atoms with Crippen LogP contribution >= 0.6 is 0 Å². The summed E-state index contributed by atoms with van der Waals surface area (Å²) in [5.74, 6) is -1.21. The number of carbonyl (C=O) groups excluding carboxylic acids is 1. The number of carbonyl (C=O) groups is 1. The molecule has 1 saturated heterocycles. The van der Waals surface area contributed by atoms with Crippen LogP contribution in [-0.2, 0) is 12.1 Å². The molecule has 0 spiro atoms. The molecule has 4 heterocycles. The van der Waals surface area contributed by atoms with Crippen molar-refractivity contribution in [2.45, 2.75) is 19.0 Å². The summed E-state index contributed by atoms with van der Waals surface area (Å²) < 4.78 is 28.8. The number of halogens is 2. The Labute approximate surface area is 190 Å². The van der Waals surface area contributed by atoms with Crippen molar-refractivity contribution in [1.82, 2.24) is 25.5 Å². The maximum atomic E-state index is 14.4. The van der Waals surface area contributed by atoms with Gasteiger partial charge in [-0.2, -0.15) is 0 Å². The number of hydrogen-bond acceptors (Lipinski definition) is 6. The third-order valence-electron chi connectivity index (χ3n) is 6.21. The molecule has 1 fully saturated rings. The van der Waals surface area contributed by atoms with Crippen LogP contribution in [0.25, 0.3) is 11.3 Å². The van der Waals surface area contributed by atoms with Gasteiger partial charge in [0.25, 0.3) is 5.91 Å². The van der Waals surface area contributed by atoms with E-state index in [1.807, 2.05) is 12.1 Å². The lowest BCUT2D eigenvalue weighted by Gasteiger charge is -2.40. The van der Waals surface area contributed by atoms with Crippen LogP contribution in [0.4, 0.5) is 20.3 Å². The van der Waals surface area contributed by atoms with Crippen molar-refractivity contribution in [3.8, 4) is 11.3 Å². The van der Waals surface area contributed by atoms with E-state index in [-0.39, 0.29) is 29.2 Å². The van der Waals surface area contributed by atoms with E-state index in [2.05, 4.69) is 44.8 Å². The van der Waals surface area contributed by atoms with Crippen molar-refractivity contribution in [2.75, 3.05) is 32.0 Å². The molecule has 5 rings (SSSR count). The molecule has 1 aromatic carbocycles. The minimum Gasteiger partial charge on any atom is -0.346 e. The number of pyridine rings is 2. The highest BCUT2D eigenvalue weighted by Crippen LogP contribution is 2.33. The van der Waals surface area contributed by atoms with E-state index in [9.17, 15) is 13.6 Å². The molecular weight excluding hydrogens is 426 g/mol. The molecule has 2 aromatic heterocycles. The van der Waals surface area contributed by atoms with Gasteiger partial charge in [-0.25, -0.2) is 18.7 Å². The van der Waals surface area contributed by atoms with Crippen molar-refractivity contribution in [3.63, 3.8) is 0 Å². The van der Waals surface area contributed by atoms with E-state index in [1.165, 1.54) is 24.3 Å². The van der Waals surface area contributed by atoms with Gasteiger partial charge in [-0.1, -0.05) is 12.1 Å². The molecule has 33 heavy (non-hydrogen) atoms. The standard InChI is InChI=1S/C24H24F2N6O/c1-24(13-32(2)9-8-29-24)14-6-7-20(27-11-14)31-18-10-17(21-15(25)4-3-5-16(21)26)30-19-12-28-23(33)22(18)19/h3-7,10-11,29H,8-9,12-13H2,1-2H3,(H,28,33)(H,27,30,31)/t24-/m1/s1. The van der Waals surface area contributed by atoms with Crippen molar-refractivity contribution >= 4 is 17.4 Å². The number of benzene rings is 1. The van der Waals surface area contributed by atoms with E-state index >= 15 is 0 Å². The number of amides is 1. The number of likely N-dealkylation sites (N-methyl/N-ethyl adjacent to an activating group) is 1. The number of piperazine rings is 1. The molecule has 7 nitrogen and oxygen atoms in total. The average Bonchev–Trinajstić information content (AvgIpc) is 3.15. The average molecular weight is 450 g/mol. The number of nitrogens with one attached hydrogen (secondary N) is 3. The van der Waals surface area contributed by atoms with Crippen LogP contribution in [0.1, 0.15) is 28.5 Å². The van der Waals surface area contributed by atoms with Gasteiger partial charge in [-0.15, -0.1) is 0 Å². The maximum Gasteiger partial charge on any atom is 0.255 e. The van der Waals surface area contributed by atoms with E-state index in [0.717, 1.165) is 25.2 Å². The van der Waals surface area contributed by atoms with Crippen LogP contribution in [0, 0.1) is 11.6 Å². The number of fused-ring (bicyclic) bond motifs is 1. The molecule has 0 radical (unpaired) electrons. The first-order valence-corrected chi connectivity index (χ1v) is 10.8. The first kappa shape index (κ1) is 21.4. The topological polar surface area (TPSA) is 82.2 Å². The number of aromatic nitrogens is 2. The van der Waals surface area contributed by atoms with Crippen LogP contribution < -0.4 is 16.0 Å². The molecule has 1 amide bonds. The lowest BCUT2D eigenvalue weighted by Crippen LogP contribution is -2.55. The van der Waals surface area contributed by atoms with E-state index in [0.29, 0.717) is 22.8 Å². The summed E-state index contributed by atoms with van der Waals surface area (Å²) in [5.41, 5.74) is 1.89. The Morgan fingerprint density at radius 3 is 2.64 bits per heavy atom. The fraction of sp³-hybridized carbons (Fsp3) is 0.292. The Morgan fingerprint density at radius 1 is 1.15 bits per heavy atom. The van der Waals surface area contributed by atoms with Crippen molar-refractivity contribution in [3.05, 3.63) is 71.1 Å². The first-order valence-electron chi connectivity index (χ1n) is 10.8. The lowest BCUT2D eigenvalue weighted by molar-refractivity contribution is 0.0966. The van der Waals surface area contributed by atoms with Gasteiger partial charge in [0.05, 0.1) is 40.3 Å². The molecule has 3 aromatic rings. The maximum absolute atomic E-state index is 14.4. The van der Waals surface area contributed by atoms with Gasteiger partial charge in [0, 0.05) is 25.8 Å². The highest BCUT2D eigenvalue weighted by Gasteiger charge is 2.31. The fourth-order valence-electron chi connectivity index (χ4n) is 4.52. The Balaban J connectivity index is 1.50. The van der Waals surface area contributed by atoms with Gasteiger partial charge in [-0.3, -0.25) is 4.79 Å². The summed E-state index contributed by atoms with van der Waals surface area (Å²) in [5, 5.41) is 9.42. The largest absolute Gasteiger partial charge is 0.346 e. The van der Waals surface area contributed by atoms with Gasteiger partial charge in [-0.05, 0) is 43.8 Å². The van der Waals surface area contributed by atoms with Gasteiger partial charge >= 0.3 is 0 Å². The summed E-state index contributed by atoms with van der Waals surface area (Å²) in [6.45, 7) is 5.07. The summed E-state index contributed by atoms with van der Waals surface area (Å²) >= 11 is 0. The molecular formula is C24H24F2N6O. The number of rotatable bonds is 4. The zero-order valence-electron chi connectivity index (χ0n) is 18.4. The molecule has 2 aliphatic heterocycles. The molecule has 170 valence electrons. The molecule has 9 heteroatoms. The second kappa shape index (κ2) is 8.17. The predicted molar refractivity (Wildman–Crippen MR) is 121 cm³/mol. The molecule has 2 aliphatic rings. The van der Waals surface area contributed by atoms with Gasteiger partial charge in [0.1, 0.15) is 17.5 Å². The normalized spacial score (nSPS) is 20.4. The van der Waals surface area contributed by atoms with Crippen LogP contribution in [-0.4, -0.2) is 47.5 Å². The summed E-state index contributed by atoms with van der Waals surface area (Å²) in [6, 6.07) is 8.97. The molecule has 0 unspecified atom stereocenters. The molecule has 0 saturated carbocycles. The van der Waals surface area contributed by atoms with Crippen molar-refractivity contribution in [1.29, 1.82) is 0 Å². The third kappa shape index (κ3) is 3.94. The SMILES string of the molecule is CN1CCN[C@@](C)(c2ccc(Nc3cc(-c4c(F)cccc4F)nc4c3C(=O)NC4)nc2)C1. The van der Waals surface area contributed by atoms with E-state index in [1.54, 1.807) is 6.20 Å². The minimum absolute atomic E-state index is 0.113. The van der Waals surface area contributed by atoms with Crippen molar-refractivity contribution in [2.24, 2.45) is 0 Å². The second-order valence-corrected chi connectivity index (χ2v) is 8.71. The third-order valence-corrected chi connectivity index (χ3v) is 6.21. The summed E-state index contributed by atoms with van der Waals surface area (Å²) in [4.78, 5) is 23.6. The quantitative estimate of drug-likeness (QED) is 0.567. The predicted octanol–water partition coefficient (Wildman–Crippen LogP) is 3.16. The van der Waals surface area contributed by atoms with E-state index in [4.69, 9.17) is 0 Å². The lowest BCUT2D eigenvalue weighted by atomic mass is 9.91. The second-order valence-electron chi connectivity index (χ2n) is 8.71. The Kier molecular flexibility index (Phi) is 5.30. The number of anilines is 2. The molecule has 3 N–H and O–H groups in total. The summed E-state index contributed by atoms with van der Waals surface area (Å²) in [7, 11) is 2.09. The monoisotopic (exact) mass is 450 g/mol. The highest BCUT2D eigenvalue weighted by atomic mass is 19.1. The Bertz CT molecular complexity index is 1210. The zero-order valence-corrected chi connectivity index (χ0v) is 18.4. The summed E-state index contributed by atoms with van der Waals surface area (Å²) in [6.07, 6.45) is 1.80. The molecule has 0 aliphatic carbocycles. The van der Waals surface area contributed by atoms with Gasteiger partial charge in [0.2, 0.25) is 0 Å². The Hall–Kier alpha value is -3.43. The zero-order chi connectivity index (χ0) is 23.2. The fourth-order valence-corrected chi connectivity index (χ4v) is 4.52. The number of hydrogen-bond donors (Lipinski definition) is 3. The molecule has 1 atom stereocenters. The smallest absolute Gasteiger partial charge is 0.255 e. The van der Waals surface area contributed by atoms with E-state index < -0.39 is 11.6 Å². The van der Waals surface area contributed by atoms with Gasteiger partial charge in [0.15, 0.2) is 0 Å². The minimum atomic E-state index is -0.716.